The zero-order chi connectivity index (χ0) is 10.8. The Morgan fingerprint density at radius 2 is 2.20 bits per heavy atom. The molecule has 0 radical (unpaired) electrons. The van der Waals surface area contributed by atoms with E-state index in [0.29, 0.717) is 30.3 Å². The summed E-state index contributed by atoms with van der Waals surface area (Å²) >= 11 is 0. The van der Waals surface area contributed by atoms with E-state index < -0.39 is 0 Å². The summed E-state index contributed by atoms with van der Waals surface area (Å²) in [5, 5.41) is 3.38. The van der Waals surface area contributed by atoms with Gasteiger partial charge in [0.1, 0.15) is 0 Å². The second-order valence-corrected chi connectivity index (χ2v) is 5.05. The minimum Gasteiger partial charge on any atom is -0.377 e. The number of likely N-dealkylation sites (N-methyl/N-ethyl adjacent to an activating group) is 1. The minimum atomic E-state index is 0.320. The number of nitrogens with one attached hydrogen (secondary N) is 1. The van der Waals surface area contributed by atoms with Crippen molar-refractivity contribution in [2.45, 2.75) is 57.5 Å². The maximum absolute atomic E-state index is 5.88. The first-order valence-electron chi connectivity index (χ1n) is 6.15. The molecule has 2 bridgehead atoms. The Morgan fingerprint density at radius 1 is 1.40 bits per heavy atom. The summed E-state index contributed by atoms with van der Waals surface area (Å²) in [6.45, 7) is 4.99. The van der Waals surface area contributed by atoms with E-state index in [1.165, 1.54) is 19.3 Å². The van der Waals surface area contributed by atoms with Crippen LogP contribution in [0, 0.1) is 5.92 Å². The summed E-state index contributed by atoms with van der Waals surface area (Å²) in [7, 11) is 2.03. The molecule has 0 aliphatic carbocycles. The first-order valence-corrected chi connectivity index (χ1v) is 6.15. The molecule has 2 aliphatic rings. The van der Waals surface area contributed by atoms with Crippen molar-refractivity contribution in [3.8, 4) is 0 Å². The maximum atomic E-state index is 5.88. The van der Waals surface area contributed by atoms with Crippen LogP contribution in [0.4, 0.5) is 0 Å². The molecule has 2 rings (SSSR count). The van der Waals surface area contributed by atoms with E-state index in [1.54, 1.807) is 0 Å². The fourth-order valence-electron chi connectivity index (χ4n) is 2.82. The first kappa shape index (κ1) is 11.4. The van der Waals surface area contributed by atoms with Crippen LogP contribution in [0.3, 0.4) is 0 Å². The molecule has 2 fully saturated rings. The predicted molar refractivity (Wildman–Crippen MR) is 59.9 cm³/mol. The molecule has 4 atom stereocenters. The van der Waals surface area contributed by atoms with Gasteiger partial charge in [0, 0.05) is 12.0 Å². The van der Waals surface area contributed by atoms with Crippen molar-refractivity contribution in [2.75, 3.05) is 13.7 Å². The SMILES string of the molecule is CNC(COC(C)C)C1CC2CCC1O2. The zero-order valence-corrected chi connectivity index (χ0v) is 10.0. The molecule has 15 heavy (non-hydrogen) atoms. The fourth-order valence-corrected chi connectivity index (χ4v) is 2.82. The van der Waals surface area contributed by atoms with Gasteiger partial charge < -0.3 is 14.8 Å². The molecule has 2 heterocycles. The molecule has 0 saturated carbocycles. The molecule has 1 N–H and O–H groups in total. The molecule has 2 aliphatic heterocycles. The quantitative estimate of drug-likeness (QED) is 0.752. The van der Waals surface area contributed by atoms with Crippen LogP contribution in [0.15, 0.2) is 0 Å². The van der Waals surface area contributed by atoms with E-state index >= 15 is 0 Å². The van der Waals surface area contributed by atoms with Gasteiger partial charge in [-0.1, -0.05) is 0 Å². The summed E-state index contributed by atoms with van der Waals surface area (Å²) in [4.78, 5) is 0. The Bertz CT molecular complexity index is 208. The number of hydrogen-bond acceptors (Lipinski definition) is 3. The van der Waals surface area contributed by atoms with Gasteiger partial charge in [0.2, 0.25) is 0 Å². The van der Waals surface area contributed by atoms with E-state index in [1.807, 2.05) is 7.05 Å². The van der Waals surface area contributed by atoms with Crippen LogP contribution in [-0.2, 0) is 9.47 Å². The third kappa shape index (κ3) is 2.52. The van der Waals surface area contributed by atoms with E-state index in [-0.39, 0.29) is 0 Å². The zero-order valence-electron chi connectivity index (χ0n) is 10.0. The van der Waals surface area contributed by atoms with Crippen LogP contribution in [-0.4, -0.2) is 38.0 Å². The Morgan fingerprint density at radius 3 is 2.67 bits per heavy atom. The van der Waals surface area contributed by atoms with E-state index in [0.717, 1.165) is 6.61 Å². The maximum Gasteiger partial charge on any atom is 0.0626 e. The lowest BCUT2D eigenvalue weighted by molar-refractivity contribution is 0.0334. The van der Waals surface area contributed by atoms with Gasteiger partial charge in [-0.15, -0.1) is 0 Å². The fraction of sp³-hybridized carbons (Fsp3) is 1.00. The standard InChI is InChI=1S/C12H23NO2/c1-8(2)14-7-11(13-3)10-6-9-4-5-12(10)15-9/h8-13H,4-7H2,1-3H3. The van der Waals surface area contributed by atoms with Crippen LogP contribution >= 0.6 is 0 Å². The van der Waals surface area contributed by atoms with Crippen molar-refractivity contribution >= 4 is 0 Å². The van der Waals surface area contributed by atoms with Crippen LogP contribution < -0.4 is 5.32 Å². The Hall–Kier alpha value is -0.120. The van der Waals surface area contributed by atoms with Gasteiger partial charge in [0.05, 0.1) is 24.9 Å². The molecular weight excluding hydrogens is 190 g/mol. The second-order valence-electron chi connectivity index (χ2n) is 5.05. The molecule has 3 heteroatoms. The van der Waals surface area contributed by atoms with Gasteiger partial charge in [0.25, 0.3) is 0 Å². The van der Waals surface area contributed by atoms with E-state index in [2.05, 4.69) is 19.2 Å². The van der Waals surface area contributed by atoms with Gasteiger partial charge in [-0.2, -0.15) is 0 Å². The molecule has 2 saturated heterocycles. The van der Waals surface area contributed by atoms with E-state index in [9.17, 15) is 0 Å². The van der Waals surface area contributed by atoms with Crippen LogP contribution in [0.25, 0.3) is 0 Å². The summed E-state index contributed by atoms with van der Waals surface area (Å²) < 4.78 is 11.6. The highest BCUT2D eigenvalue weighted by molar-refractivity contribution is 4.94. The van der Waals surface area contributed by atoms with Gasteiger partial charge in [0.15, 0.2) is 0 Å². The first-order chi connectivity index (χ1) is 7.20. The van der Waals surface area contributed by atoms with E-state index in [4.69, 9.17) is 9.47 Å². The summed E-state index contributed by atoms with van der Waals surface area (Å²) in [5.41, 5.74) is 0. The van der Waals surface area contributed by atoms with Crippen LogP contribution in [0.1, 0.15) is 33.1 Å². The lowest BCUT2D eigenvalue weighted by Crippen LogP contribution is -2.42. The van der Waals surface area contributed by atoms with Crippen molar-refractivity contribution in [3.05, 3.63) is 0 Å². The molecule has 3 nitrogen and oxygen atoms in total. The largest absolute Gasteiger partial charge is 0.377 e. The molecule has 88 valence electrons. The molecule has 0 aromatic rings. The van der Waals surface area contributed by atoms with Crippen LogP contribution in [0.2, 0.25) is 0 Å². The average molecular weight is 213 g/mol. The molecule has 4 unspecified atom stereocenters. The Kier molecular flexibility index (Phi) is 3.65. The lowest BCUT2D eigenvalue weighted by atomic mass is 9.84. The minimum absolute atomic E-state index is 0.320. The highest BCUT2D eigenvalue weighted by atomic mass is 16.5. The normalized spacial score (nSPS) is 36.4. The average Bonchev–Trinajstić information content (AvgIpc) is 2.79. The molecule has 0 aromatic carbocycles. The summed E-state index contributed by atoms with van der Waals surface area (Å²) in [5.74, 6) is 0.660. The molecular formula is C12H23NO2. The van der Waals surface area contributed by atoms with Gasteiger partial charge in [-0.25, -0.2) is 0 Å². The topological polar surface area (TPSA) is 30.5 Å². The predicted octanol–water partition coefficient (Wildman–Crippen LogP) is 1.57. The van der Waals surface area contributed by atoms with Crippen molar-refractivity contribution in [2.24, 2.45) is 5.92 Å². The Balaban J connectivity index is 1.84. The number of ether oxygens (including phenoxy) is 2. The smallest absolute Gasteiger partial charge is 0.0626 e. The van der Waals surface area contributed by atoms with Crippen molar-refractivity contribution in [3.63, 3.8) is 0 Å². The number of rotatable bonds is 5. The van der Waals surface area contributed by atoms with Gasteiger partial charge in [-0.05, 0) is 40.2 Å². The second kappa shape index (κ2) is 4.81. The Labute approximate surface area is 92.5 Å². The third-order valence-corrected chi connectivity index (χ3v) is 3.65. The third-order valence-electron chi connectivity index (χ3n) is 3.65. The number of fused-ring (bicyclic) bond motifs is 2. The van der Waals surface area contributed by atoms with Crippen molar-refractivity contribution in [1.82, 2.24) is 5.32 Å². The summed E-state index contributed by atoms with van der Waals surface area (Å²) in [6, 6.07) is 0.461. The lowest BCUT2D eigenvalue weighted by Gasteiger charge is -2.28. The number of hydrogen-bond donors (Lipinski definition) is 1. The molecule has 0 amide bonds. The summed E-state index contributed by atoms with van der Waals surface area (Å²) in [6.07, 6.45) is 5.08. The highest BCUT2D eigenvalue weighted by Crippen LogP contribution is 2.40. The highest BCUT2D eigenvalue weighted by Gasteiger charge is 2.43. The van der Waals surface area contributed by atoms with Crippen LogP contribution in [0.5, 0.6) is 0 Å². The van der Waals surface area contributed by atoms with Gasteiger partial charge >= 0.3 is 0 Å². The molecule has 0 spiro atoms. The van der Waals surface area contributed by atoms with Crippen molar-refractivity contribution in [1.29, 1.82) is 0 Å². The monoisotopic (exact) mass is 213 g/mol. The molecule has 0 aromatic heterocycles. The van der Waals surface area contributed by atoms with Crippen molar-refractivity contribution < 1.29 is 9.47 Å². The van der Waals surface area contributed by atoms with Gasteiger partial charge in [-0.3, -0.25) is 0 Å².